The number of rotatable bonds is 1. The zero-order valence-corrected chi connectivity index (χ0v) is 12.5. The predicted molar refractivity (Wildman–Crippen MR) is 84.4 cm³/mol. The number of aromatic nitrogens is 3. The molecular weight excluding hydrogens is 266 g/mol. The second-order valence-corrected chi connectivity index (χ2v) is 5.37. The van der Waals surface area contributed by atoms with E-state index in [1.54, 1.807) is 0 Å². The van der Waals surface area contributed by atoms with E-state index in [1.807, 2.05) is 32.9 Å². The molecule has 100 valence electrons. The predicted octanol–water partition coefficient (Wildman–Crippen LogP) is 4.28. The van der Waals surface area contributed by atoms with Crippen molar-refractivity contribution in [2.75, 3.05) is 0 Å². The quantitative estimate of drug-likeness (QED) is 0.677. The molecular formula is C16H15N3S. The highest BCUT2D eigenvalue weighted by Crippen LogP contribution is 2.25. The molecule has 0 bridgehead atoms. The number of hydrogen-bond donors (Lipinski definition) is 1. The molecule has 3 aromatic rings. The maximum absolute atomic E-state index is 5.30. The third-order valence-corrected chi connectivity index (χ3v) is 3.79. The van der Waals surface area contributed by atoms with Crippen LogP contribution in [0.25, 0.3) is 22.2 Å². The van der Waals surface area contributed by atoms with E-state index in [0.717, 1.165) is 39.2 Å². The summed E-state index contributed by atoms with van der Waals surface area (Å²) in [6, 6.07) is 10.4. The highest BCUT2D eigenvalue weighted by molar-refractivity contribution is 7.71. The molecule has 3 nitrogen and oxygen atoms in total. The Hall–Kier alpha value is -2.07. The van der Waals surface area contributed by atoms with Gasteiger partial charge >= 0.3 is 0 Å². The van der Waals surface area contributed by atoms with Gasteiger partial charge in [0.2, 0.25) is 0 Å². The highest BCUT2D eigenvalue weighted by atomic mass is 32.1. The number of aromatic amines is 1. The molecule has 0 spiro atoms. The molecule has 0 saturated heterocycles. The molecule has 0 saturated carbocycles. The van der Waals surface area contributed by atoms with E-state index in [4.69, 9.17) is 12.2 Å². The topological polar surface area (TPSA) is 41.6 Å². The van der Waals surface area contributed by atoms with Crippen molar-refractivity contribution in [3.63, 3.8) is 0 Å². The molecule has 3 rings (SSSR count). The standard InChI is InChI=1S/C16H15N3S/c1-9-4-5-12-8-13(6-7-14(12)17-9)15-10(2)16(20)19-11(3)18-15/h4-8H,1-3H3,(H,18,19,20). The zero-order valence-electron chi connectivity index (χ0n) is 11.7. The average Bonchev–Trinajstić information content (AvgIpc) is 2.42. The normalized spacial score (nSPS) is 10.9. The van der Waals surface area contributed by atoms with Crippen LogP contribution in [0.3, 0.4) is 0 Å². The summed E-state index contributed by atoms with van der Waals surface area (Å²) in [4.78, 5) is 12.1. The van der Waals surface area contributed by atoms with Crippen molar-refractivity contribution in [1.82, 2.24) is 15.0 Å². The second-order valence-electron chi connectivity index (χ2n) is 4.99. The summed E-state index contributed by atoms with van der Waals surface area (Å²) in [6.07, 6.45) is 0. The van der Waals surface area contributed by atoms with E-state index in [1.165, 1.54) is 0 Å². The molecule has 0 fully saturated rings. The van der Waals surface area contributed by atoms with Crippen molar-refractivity contribution >= 4 is 23.1 Å². The van der Waals surface area contributed by atoms with Gasteiger partial charge in [-0.1, -0.05) is 24.4 Å². The molecule has 20 heavy (non-hydrogen) atoms. The van der Waals surface area contributed by atoms with Gasteiger partial charge in [0.1, 0.15) is 10.5 Å². The molecule has 2 heterocycles. The van der Waals surface area contributed by atoms with Gasteiger partial charge < -0.3 is 4.98 Å². The summed E-state index contributed by atoms with van der Waals surface area (Å²) < 4.78 is 0.651. The first-order chi connectivity index (χ1) is 9.54. The minimum Gasteiger partial charge on any atom is -0.343 e. The average molecular weight is 281 g/mol. The number of nitrogens with one attached hydrogen (secondary N) is 1. The Morgan fingerprint density at radius 1 is 1.00 bits per heavy atom. The fourth-order valence-electron chi connectivity index (χ4n) is 2.32. The minimum absolute atomic E-state index is 0.651. The maximum Gasteiger partial charge on any atom is 0.133 e. The summed E-state index contributed by atoms with van der Waals surface area (Å²) in [5, 5.41) is 1.13. The largest absolute Gasteiger partial charge is 0.343 e. The summed E-state index contributed by atoms with van der Waals surface area (Å²) >= 11 is 5.30. The Morgan fingerprint density at radius 3 is 2.60 bits per heavy atom. The van der Waals surface area contributed by atoms with Crippen LogP contribution in [0.5, 0.6) is 0 Å². The van der Waals surface area contributed by atoms with E-state index in [-0.39, 0.29) is 0 Å². The number of fused-ring (bicyclic) bond motifs is 1. The van der Waals surface area contributed by atoms with Gasteiger partial charge in [-0.05, 0) is 44.5 Å². The van der Waals surface area contributed by atoms with Gasteiger partial charge in [0.25, 0.3) is 0 Å². The molecule has 1 N–H and O–H groups in total. The van der Waals surface area contributed by atoms with Gasteiger partial charge in [0.05, 0.1) is 11.2 Å². The third-order valence-electron chi connectivity index (χ3n) is 3.39. The van der Waals surface area contributed by atoms with Crippen LogP contribution < -0.4 is 0 Å². The second kappa shape index (κ2) is 4.80. The first kappa shape index (κ1) is 12.9. The van der Waals surface area contributed by atoms with Gasteiger partial charge in [0.15, 0.2) is 0 Å². The summed E-state index contributed by atoms with van der Waals surface area (Å²) in [7, 11) is 0. The highest BCUT2D eigenvalue weighted by Gasteiger charge is 2.07. The van der Waals surface area contributed by atoms with Crippen molar-refractivity contribution < 1.29 is 0 Å². The van der Waals surface area contributed by atoms with Crippen LogP contribution in [0, 0.1) is 25.4 Å². The summed E-state index contributed by atoms with van der Waals surface area (Å²) in [5.41, 5.74) is 5.18. The number of nitrogens with zero attached hydrogens (tertiary/aromatic N) is 2. The first-order valence-corrected chi connectivity index (χ1v) is 6.91. The van der Waals surface area contributed by atoms with Gasteiger partial charge in [-0.2, -0.15) is 0 Å². The van der Waals surface area contributed by atoms with Crippen LogP contribution in [0.15, 0.2) is 30.3 Å². The number of aryl methyl sites for hydroxylation is 2. The minimum atomic E-state index is 0.651. The van der Waals surface area contributed by atoms with E-state index in [9.17, 15) is 0 Å². The lowest BCUT2D eigenvalue weighted by Crippen LogP contribution is -1.96. The Kier molecular flexibility index (Phi) is 3.10. The summed E-state index contributed by atoms with van der Waals surface area (Å²) in [6.45, 7) is 5.92. The number of H-pyrrole nitrogens is 1. The zero-order chi connectivity index (χ0) is 14.3. The first-order valence-electron chi connectivity index (χ1n) is 6.50. The van der Waals surface area contributed by atoms with E-state index in [0.29, 0.717) is 4.64 Å². The monoisotopic (exact) mass is 281 g/mol. The lowest BCUT2D eigenvalue weighted by Gasteiger charge is -2.09. The van der Waals surface area contributed by atoms with Crippen molar-refractivity contribution in [3.05, 3.63) is 52.1 Å². The Balaban J connectivity index is 2.25. The number of hydrogen-bond acceptors (Lipinski definition) is 3. The van der Waals surface area contributed by atoms with Gasteiger partial charge in [-0.15, -0.1) is 0 Å². The van der Waals surface area contributed by atoms with Gasteiger partial charge in [0, 0.05) is 16.6 Å². The van der Waals surface area contributed by atoms with Gasteiger partial charge in [-0.25, -0.2) is 4.98 Å². The van der Waals surface area contributed by atoms with Crippen molar-refractivity contribution in [2.24, 2.45) is 0 Å². The van der Waals surface area contributed by atoms with Crippen molar-refractivity contribution in [3.8, 4) is 11.3 Å². The van der Waals surface area contributed by atoms with Crippen molar-refractivity contribution in [1.29, 1.82) is 0 Å². The SMILES string of the molecule is Cc1ccc2cc(-c3[nH]c(C)nc(=S)c3C)ccc2n1. The molecule has 4 heteroatoms. The van der Waals surface area contributed by atoms with Crippen LogP contribution in [0.2, 0.25) is 0 Å². The fourth-order valence-corrected chi connectivity index (χ4v) is 2.56. The Labute approximate surface area is 122 Å². The molecule has 0 unspecified atom stereocenters. The molecule has 0 amide bonds. The Bertz CT molecular complexity index is 865. The smallest absolute Gasteiger partial charge is 0.133 e. The summed E-state index contributed by atoms with van der Waals surface area (Å²) in [5.74, 6) is 0.831. The van der Waals surface area contributed by atoms with E-state index in [2.05, 4.69) is 33.2 Å². The molecule has 0 aliphatic rings. The number of pyridine rings is 1. The molecule has 2 aromatic heterocycles. The lowest BCUT2D eigenvalue weighted by molar-refractivity contribution is 1.02. The van der Waals surface area contributed by atoms with Crippen LogP contribution in [0.4, 0.5) is 0 Å². The van der Waals surface area contributed by atoms with Crippen LogP contribution >= 0.6 is 12.2 Å². The van der Waals surface area contributed by atoms with E-state index < -0.39 is 0 Å². The lowest BCUT2D eigenvalue weighted by atomic mass is 10.0. The molecule has 0 aliphatic heterocycles. The fraction of sp³-hybridized carbons (Fsp3) is 0.188. The van der Waals surface area contributed by atoms with Gasteiger partial charge in [-0.3, -0.25) is 4.98 Å². The molecule has 0 atom stereocenters. The Morgan fingerprint density at radius 2 is 1.80 bits per heavy atom. The molecule has 0 radical (unpaired) electrons. The molecule has 0 aliphatic carbocycles. The molecule has 1 aromatic carbocycles. The number of benzene rings is 1. The van der Waals surface area contributed by atoms with Crippen LogP contribution in [-0.4, -0.2) is 15.0 Å². The van der Waals surface area contributed by atoms with Crippen LogP contribution in [-0.2, 0) is 0 Å². The van der Waals surface area contributed by atoms with Crippen LogP contribution in [0.1, 0.15) is 17.1 Å². The van der Waals surface area contributed by atoms with E-state index >= 15 is 0 Å². The van der Waals surface area contributed by atoms with Crippen molar-refractivity contribution in [2.45, 2.75) is 20.8 Å². The maximum atomic E-state index is 5.30. The third kappa shape index (κ3) is 2.23.